The maximum Gasteiger partial charge on any atom is 0.203 e. The summed E-state index contributed by atoms with van der Waals surface area (Å²) in [6, 6.07) is 12.7. The monoisotopic (exact) mass is 286 g/mol. The minimum atomic E-state index is -0.0824. The first-order valence-corrected chi connectivity index (χ1v) is 6.60. The highest BCUT2D eigenvalue weighted by Gasteiger charge is 2.15. The van der Waals surface area contributed by atoms with Gasteiger partial charge in [-0.25, -0.2) is 0 Å². The third-order valence-electron chi connectivity index (χ3n) is 3.18. The minimum absolute atomic E-state index is 0.0679. The molecule has 2 rings (SSSR count). The van der Waals surface area contributed by atoms with Crippen LogP contribution < -0.4 is 14.2 Å². The number of ketones is 1. The molecule has 110 valence electrons. The Hall–Kier alpha value is -2.49. The third-order valence-corrected chi connectivity index (χ3v) is 3.18. The summed E-state index contributed by atoms with van der Waals surface area (Å²) in [5, 5.41) is 0. The zero-order valence-corrected chi connectivity index (χ0v) is 12.4. The third kappa shape index (κ3) is 3.34. The van der Waals surface area contributed by atoms with Crippen molar-refractivity contribution in [3.05, 3.63) is 53.6 Å². The van der Waals surface area contributed by atoms with Crippen molar-refractivity contribution < 1.29 is 19.0 Å². The van der Waals surface area contributed by atoms with E-state index in [2.05, 4.69) is 0 Å². The van der Waals surface area contributed by atoms with Crippen LogP contribution in [0.25, 0.3) is 0 Å². The standard InChI is InChI=1S/C17H18O4/c1-12-7-4-5-8-13(12)14(18)11-21-17-15(19-2)9-6-10-16(17)20-3/h4-10H,11H2,1-3H3. The van der Waals surface area contributed by atoms with E-state index < -0.39 is 0 Å². The molecule has 0 aromatic heterocycles. The van der Waals surface area contributed by atoms with Crippen LogP contribution in [0.15, 0.2) is 42.5 Å². The van der Waals surface area contributed by atoms with Crippen molar-refractivity contribution in [1.29, 1.82) is 0 Å². The number of aryl methyl sites for hydroxylation is 1. The molecule has 0 aliphatic carbocycles. The van der Waals surface area contributed by atoms with Crippen molar-refractivity contribution in [2.24, 2.45) is 0 Å². The lowest BCUT2D eigenvalue weighted by Gasteiger charge is -2.14. The Kier molecular flexibility index (Phi) is 4.82. The van der Waals surface area contributed by atoms with Gasteiger partial charge in [0.1, 0.15) is 0 Å². The molecule has 0 amide bonds. The molecule has 0 N–H and O–H groups in total. The zero-order chi connectivity index (χ0) is 15.2. The quantitative estimate of drug-likeness (QED) is 0.764. The molecule has 0 saturated heterocycles. The Bertz CT molecular complexity index is 612. The second kappa shape index (κ2) is 6.79. The number of rotatable bonds is 6. The number of Topliss-reactive ketones (excluding diaryl/α,β-unsaturated/α-hetero) is 1. The van der Waals surface area contributed by atoms with Gasteiger partial charge in [0.05, 0.1) is 14.2 Å². The molecule has 0 saturated carbocycles. The topological polar surface area (TPSA) is 44.8 Å². The number of para-hydroxylation sites is 1. The number of hydrogen-bond acceptors (Lipinski definition) is 4. The van der Waals surface area contributed by atoms with Gasteiger partial charge in [0.15, 0.2) is 23.9 Å². The van der Waals surface area contributed by atoms with Gasteiger partial charge < -0.3 is 14.2 Å². The van der Waals surface area contributed by atoms with E-state index in [-0.39, 0.29) is 12.4 Å². The molecular weight excluding hydrogens is 268 g/mol. The lowest BCUT2D eigenvalue weighted by Crippen LogP contribution is -2.13. The summed E-state index contributed by atoms with van der Waals surface area (Å²) in [5.74, 6) is 1.42. The molecule has 2 aromatic carbocycles. The molecule has 0 heterocycles. The lowest BCUT2D eigenvalue weighted by atomic mass is 10.1. The maximum absolute atomic E-state index is 12.2. The largest absolute Gasteiger partial charge is 0.493 e. The Labute approximate surface area is 124 Å². The number of benzene rings is 2. The average molecular weight is 286 g/mol. The lowest BCUT2D eigenvalue weighted by molar-refractivity contribution is 0.0916. The Morgan fingerprint density at radius 1 is 0.952 bits per heavy atom. The molecule has 0 spiro atoms. The van der Waals surface area contributed by atoms with Gasteiger partial charge in [-0.3, -0.25) is 4.79 Å². The van der Waals surface area contributed by atoms with E-state index in [1.807, 2.05) is 25.1 Å². The van der Waals surface area contributed by atoms with Crippen molar-refractivity contribution in [2.75, 3.05) is 20.8 Å². The summed E-state index contributed by atoms with van der Waals surface area (Å²) in [7, 11) is 3.09. The molecular formula is C17H18O4. The highest BCUT2D eigenvalue weighted by molar-refractivity contribution is 5.98. The summed E-state index contributed by atoms with van der Waals surface area (Å²) in [6.45, 7) is 1.83. The maximum atomic E-state index is 12.2. The van der Waals surface area contributed by atoms with Gasteiger partial charge in [-0.1, -0.05) is 30.3 Å². The van der Waals surface area contributed by atoms with Crippen molar-refractivity contribution in [1.82, 2.24) is 0 Å². The van der Waals surface area contributed by atoms with E-state index in [4.69, 9.17) is 14.2 Å². The van der Waals surface area contributed by atoms with Crippen molar-refractivity contribution in [3.63, 3.8) is 0 Å². The van der Waals surface area contributed by atoms with Crippen LogP contribution in [0.4, 0.5) is 0 Å². The molecule has 4 nitrogen and oxygen atoms in total. The van der Waals surface area contributed by atoms with E-state index in [9.17, 15) is 4.79 Å². The summed E-state index contributed by atoms with van der Waals surface area (Å²) in [5.41, 5.74) is 1.59. The molecule has 0 fully saturated rings. The fourth-order valence-electron chi connectivity index (χ4n) is 2.06. The normalized spacial score (nSPS) is 10.0. The highest BCUT2D eigenvalue weighted by Crippen LogP contribution is 2.36. The zero-order valence-electron chi connectivity index (χ0n) is 12.4. The van der Waals surface area contributed by atoms with Crippen molar-refractivity contribution in [3.8, 4) is 17.2 Å². The first kappa shape index (κ1) is 14.9. The van der Waals surface area contributed by atoms with Crippen molar-refractivity contribution in [2.45, 2.75) is 6.92 Å². The fraction of sp³-hybridized carbons (Fsp3) is 0.235. The van der Waals surface area contributed by atoms with Crippen molar-refractivity contribution >= 4 is 5.78 Å². The van der Waals surface area contributed by atoms with E-state index in [0.717, 1.165) is 5.56 Å². The number of carbonyl (C=O) groups is 1. The first-order chi connectivity index (χ1) is 10.2. The summed E-state index contributed by atoms with van der Waals surface area (Å²) in [4.78, 5) is 12.2. The van der Waals surface area contributed by atoms with Crippen LogP contribution in [-0.4, -0.2) is 26.6 Å². The first-order valence-electron chi connectivity index (χ1n) is 6.60. The van der Waals surface area contributed by atoms with Gasteiger partial charge in [-0.05, 0) is 24.6 Å². The molecule has 4 heteroatoms. The minimum Gasteiger partial charge on any atom is -0.493 e. The van der Waals surface area contributed by atoms with E-state index in [1.165, 1.54) is 0 Å². The molecule has 0 aliphatic rings. The number of hydrogen-bond donors (Lipinski definition) is 0. The second-order valence-electron chi connectivity index (χ2n) is 4.52. The molecule has 2 aromatic rings. The van der Waals surface area contributed by atoms with E-state index in [0.29, 0.717) is 22.8 Å². The molecule has 0 bridgehead atoms. The van der Waals surface area contributed by atoms with Gasteiger partial charge in [0, 0.05) is 5.56 Å². The highest BCUT2D eigenvalue weighted by atomic mass is 16.5. The fourth-order valence-corrected chi connectivity index (χ4v) is 2.06. The SMILES string of the molecule is COc1cccc(OC)c1OCC(=O)c1ccccc1C. The van der Waals surface area contributed by atoms with Crippen LogP contribution in [0.5, 0.6) is 17.2 Å². The number of methoxy groups -OCH3 is 2. The predicted molar refractivity (Wildman–Crippen MR) is 80.6 cm³/mol. The van der Waals surface area contributed by atoms with Crippen LogP contribution in [0, 0.1) is 6.92 Å². The average Bonchev–Trinajstić information content (AvgIpc) is 2.52. The molecule has 21 heavy (non-hydrogen) atoms. The Morgan fingerprint density at radius 3 is 2.14 bits per heavy atom. The summed E-state index contributed by atoms with van der Waals surface area (Å²) in [6.07, 6.45) is 0. The van der Waals surface area contributed by atoms with E-state index in [1.54, 1.807) is 38.5 Å². The van der Waals surface area contributed by atoms with Gasteiger partial charge in [-0.2, -0.15) is 0 Å². The predicted octanol–water partition coefficient (Wildman–Crippen LogP) is 3.27. The molecule has 0 unspecified atom stereocenters. The van der Waals surface area contributed by atoms with Crippen LogP contribution in [0.3, 0.4) is 0 Å². The van der Waals surface area contributed by atoms with Crippen LogP contribution in [0.2, 0.25) is 0 Å². The van der Waals surface area contributed by atoms with Crippen LogP contribution in [-0.2, 0) is 0 Å². The number of ether oxygens (including phenoxy) is 3. The molecule has 0 atom stereocenters. The summed E-state index contributed by atoms with van der Waals surface area (Å²) < 4.78 is 16.1. The van der Waals surface area contributed by atoms with Crippen LogP contribution >= 0.6 is 0 Å². The Morgan fingerprint density at radius 2 is 1.57 bits per heavy atom. The second-order valence-corrected chi connectivity index (χ2v) is 4.52. The Balaban J connectivity index is 2.17. The number of carbonyl (C=O) groups excluding carboxylic acids is 1. The van der Waals surface area contributed by atoms with Gasteiger partial charge in [-0.15, -0.1) is 0 Å². The van der Waals surface area contributed by atoms with Gasteiger partial charge in [0.2, 0.25) is 5.75 Å². The van der Waals surface area contributed by atoms with Gasteiger partial charge >= 0.3 is 0 Å². The smallest absolute Gasteiger partial charge is 0.203 e. The molecule has 0 radical (unpaired) electrons. The summed E-state index contributed by atoms with van der Waals surface area (Å²) >= 11 is 0. The molecule has 0 aliphatic heterocycles. The van der Waals surface area contributed by atoms with Gasteiger partial charge in [0.25, 0.3) is 0 Å². The van der Waals surface area contributed by atoms with Crippen LogP contribution in [0.1, 0.15) is 15.9 Å². The van der Waals surface area contributed by atoms with E-state index >= 15 is 0 Å².